The number of carbonyl (C=O) groups excluding carboxylic acids is 1. The largest absolute Gasteiger partial charge is 0.474 e. The van der Waals surface area contributed by atoms with Gasteiger partial charge < -0.3 is 19.6 Å². The lowest BCUT2D eigenvalue weighted by Crippen LogP contribution is -2.51. The molecule has 2 atom stereocenters. The van der Waals surface area contributed by atoms with E-state index >= 15 is 0 Å². The van der Waals surface area contributed by atoms with Gasteiger partial charge in [0.2, 0.25) is 11.7 Å². The number of ether oxygens (including phenoxy) is 2. The smallest absolute Gasteiger partial charge is 0.434 e. The Hall–Kier alpha value is -3.94. The number of benzene rings is 1. The Bertz CT molecular complexity index is 1320. The van der Waals surface area contributed by atoms with Crippen LogP contribution < -0.4 is 10.5 Å². The summed E-state index contributed by atoms with van der Waals surface area (Å²) >= 11 is 0. The quantitative estimate of drug-likeness (QED) is 0.237. The van der Waals surface area contributed by atoms with Gasteiger partial charge >= 0.3 is 18.0 Å². The molecule has 2 heterocycles. The second kappa shape index (κ2) is 11.4. The van der Waals surface area contributed by atoms with E-state index in [0.717, 1.165) is 6.08 Å². The molecule has 0 amide bonds. The maximum absolute atomic E-state index is 14.6. The van der Waals surface area contributed by atoms with Gasteiger partial charge in [-0.05, 0) is 38.0 Å². The number of nitrogens with zero attached hydrogens (tertiary/aromatic N) is 3. The molecule has 14 heteroatoms. The predicted molar refractivity (Wildman–Crippen MR) is 126 cm³/mol. The first-order valence-corrected chi connectivity index (χ1v) is 11.5. The first kappa shape index (κ1) is 29.6. The molecule has 2 aromatic heterocycles. The van der Waals surface area contributed by atoms with Gasteiger partial charge in [0, 0.05) is 0 Å². The first-order valence-electron chi connectivity index (χ1n) is 11.5. The number of alkyl halides is 6. The van der Waals surface area contributed by atoms with Crippen LogP contribution in [0.1, 0.15) is 44.2 Å². The molecule has 0 fully saturated rings. The lowest BCUT2D eigenvalue weighted by molar-refractivity contribution is -0.280. The van der Waals surface area contributed by atoms with E-state index in [1.807, 2.05) is 0 Å². The zero-order valence-electron chi connectivity index (χ0n) is 20.9. The molecule has 0 saturated heterocycles. The van der Waals surface area contributed by atoms with Gasteiger partial charge in [0.25, 0.3) is 11.8 Å². The number of nitrogens with two attached hydrogens (primary N) is 1. The van der Waals surface area contributed by atoms with Crippen molar-refractivity contribution in [3.63, 3.8) is 0 Å². The third kappa shape index (κ3) is 6.21. The van der Waals surface area contributed by atoms with E-state index in [2.05, 4.69) is 15.2 Å². The summed E-state index contributed by atoms with van der Waals surface area (Å²) in [5, 5.41) is 6.90. The number of allylic oxidation sites excluding steroid dienone is 1. The van der Waals surface area contributed by atoms with Crippen LogP contribution in [0.3, 0.4) is 0 Å². The van der Waals surface area contributed by atoms with E-state index in [1.165, 1.54) is 26.0 Å². The number of nitrogen functional groups attached to an aromatic ring is 1. The van der Waals surface area contributed by atoms with Crippen molar-refractivity contribution in [2.24, 2.45) is 0 Å². The van der Waals surface area contributed by atoms with Crippen LogP contribution in [0.25, 0.3) is 11.6 Å². The van der Waals surface area contributed by atoms with E-state index in [4.69, 9.17) is 19.6 Å². The molecule has 0 bridgehead atoms. The average molecular weight is 558 g/mol. The number of hydrogen-bond acceptors (Lipinski definition) is 8. The zero-order chi connectivity index (χ0) is 29.0. The Morgan fingerprint density at radius 3 is 2.36 bits per heavy atom. The molecule has 2 N–H and O–H groups in total. The second-order valence-electron chi connectivity index (χ2n) is 8.34. The van der Waals surface area contributed by atoms with Crippen LogP contribution in [0.2, 0.25) is 0 Å². The lowest BCUT2D eigenvalue weighted by Gasteiger charge is -2.30. The van der Waals surface area contributed by atoms with Gasteiger partial charge in [-0.3, -0.25) is 4.79 Å². The third-order valence-corrected chi connectivity index (χ3v) is 5.50. The Labute approximate surface area is 218 Å². The van der Waals surface area contributed by atoms with Crippen LogP contribution in [0, 0.1) is 0 Å². The number of ketones is 1. The molecule has 0 saturated carbocycles. The maximum atomic E-state index is 14.6. The fourth-order valence-corrected chi connectivity index (χ4v) is 3.33. The zero-order valence-corrected chi connectivity index (χ0v) is 20.9. The molecule has 1 unspecified atom stereocenters. The Kier molecular flexibility index (Phi) is 8.68. The van der Waals surface area contributed by atoms with Crippen molar-refractivity contribution < 1.29 is 45.0 Å². The molecule has 210 valence electrons. The highest BCUT2D eigenvalue weighted by molar-refractivity contribution is 5.97. The number of aromatic nitrogens is 3. The minimum absolute atomic E-state index is 0.305. The van der Waals surface area contributed by atoms with Crippen molar-refractivity contribution in [1.82, 2.24) is 15.2 Å². The van der Waals surface area contributed by atoms with Crippen LogP contribution in [-0.2, 0) is 27.9 Å². The van der Waals surface area contributed by atoms with Gasteiger partial charge in [0.1, 0.15) is 5.56 Å². The van der Waals surface area contributed by atoms with Gasteiger partial charge in [0.05, 0.1) is 18.4 Å². The topological polar surface area (TPSA) is 113 Å². The van der Waals surface area contributed by atoms with Crippen molar-refractivity contribution >= 4 is 11.5 Å². The van der Waals surface area contributed by atoms with Crippen LogP contribution in [0.15, 0.2) is 53.0 Å². The van der Waals surface area contributed by atoms with Crippen LogP contribution in [-0.4, -0.2) is 33.2 Å². The van der Waals surface area contributed by atoms with Crippen molar-refractivity contribution in [3.05, 3.63) is 65.6 Å². The Morgan fingerprint density at radius 2 is 1.79 bits per heavy atom. The van der Waals surface area contributed by atoms with E-state index in [9.17, 15) is 31.1 Å². The molecule has 0 aliphatic heterocycles. The number of pyridine rings is 1. The van der Waals surface area contributed by atoms with E-state index in [-0.39, 0.29) is 0 Å². The summed E-state index contributed by atoms with van der Waals surface area (Å²) in [5.74, 6) is -4.55. The molecule has 3 rings (SSSR count). The summed E-state index contributed by atoms with van der Waals surface area (Å²) in [5.41, 5.74) is -0.185. The first-order chi connectivity index (χ1) is 18.2. The highest BCUT2D eigenvalue weighted by Crippen LogP contribution is 2.45. The number of anilines is 1. The summed E-state index contributed by atoms with van der Waals surface area (Å²) < 4.78 is 100. The molecule has 0 aliphatic rings. The summed E-state index contributed by atoms with van der Waals surface area (Å²) in [4.78, 5) is 16.6. The SMILES string of the molecule is C/C=C/C(=O)C(OCc1ccccc1)(c1nnc(-c2nc(O[C@H](C)CC)c(C(F)(F)F)cc2N)o1)C(F)(F)F. The number of hydrogen-bond donors (Lipinski definition) is 1. The summed E-state index contributed by atoms with van der Waals surface area (Å²) in [7, 11) is 0. The van der Waals surface area contributed by atoms with Crippen LogP contribution in [0.5, 0.6) is 5.88 Å². The molecule has 0 spiro atoms. The number of carbonyl (C=O) groups is 1. The molecule has 0 radical (unpaired) electrons. The van der Waals surface area contributed by atoms with Crippen molar-refractivity contribution in [2.45, 2.75) is 57.9 Å². The van der Waals surface area contributed by atoms with Crippen molar-refractivity contribution in [1.29, 1.82) is 0 Å². The summed E-state index contributed by atoms with van der Waals surface area (Å²) in [6, 6.07) is 8.21. The van der Waals surface area contributed by atoms with Gasteiger partial charge in [-0.2, -0.15) is 26.3 Å². The highest BCUT2D eigenvalue weighted by atomic mass is 19.4. The van der Waals surface area contributed by atoms with Crippen LogP contribution >= 0.6 is 0 Å². The lowest BCUT2D eigenvalue weighted by atomic mass is 9.96. The Morgan fingerprint density at radius 1 is 1.13 bits per heavy atom. The van der Waals surface area contributed by atoms with Gasteiger partial charge in [-0.25, -0.2) is 4.98 Å². The molecular weight excluding hydrogens is 534 g/mol. The minimum Gasteiger partial charge on any atom is -0.474 e. The van der Waals surface area contributed by atoms with Gasteiger partial charge in [-0.15, -0.1) is 10.2 Å². The van der Waals surface area contributed by atoms with Crippen molar-refractivity contribution in [3.8, 4) is 17.5 Å². The molecule has 0 aliphatic carbocycles. The van der Waals surface area contributed by atoms with E-state index < -0.39 is 71.1 Å². The van der Waals surface area contributed by atoms with E-state index in [0.29, 0.717) is 24.1 Å². The summed E-state index contributed by atoms with van der Waals surface area (Å²) in [6.45, 7) is 3.81. The fraction of sp³-hybridized carbons (Fsp3) is 0.360. The molecular formula is C25H24F6N4O4. The predicted octanol–water partition coefficient (Wildman–Crippen LogP) is 6.03. The third-order valence-electron chi connectivity index (χ3n) is 5.50. The van der Waals surface area contributed by atoms with Crippen molar-refractivity contribution in [2.75, 3.05) is 5.73 Å². The molecule has 8 nitrogen and oxygen atoms in total. The standard InChI is InChI=1S/C25H24F6N4O4/c1-4-9-18(36)23(25(29,30)31,37-13-15-10-7-6-8-11-15)22-35-34-21(39-22)19-17(32)12-16(24(26,27)28)20(33-19)38-14(3)5-2/h4,6-12,14H,5,13,32H2,1-3H3/b9-4+/t14-,23?/m1/s1. The normalized spacial score (nSPS) is 14.8. The number of halogens is 6. The molecule has 1 aromatic carbocycles. The average Bonchev–Trinajstić information content (AvgIpc) is 3.34. The Balaban J connectivity index is 2.16. The molecule has 3 aromatic rings. The summed E-state index contributed by atoms with van der Waals surface area (Å²) in [6.07, 6.45) is -8.98. The van der Waals surface area contributed by atoms with Gasteiger partial charge in [-0.1, -0.05) is 43.3 Å². The second-order valence-corrected chi connectivity index (χ2v) is 8.34. The monoisotopic (exact) mass is 558 g/mol. The molecule has 39 heavy (non-hydrogen) atoms. The fourth-order valence-electron chi connectivity index (χ4n) is 3.33. The van der Waals surface area contributed by atoms with E-state index in [1.54, 1.807) is 25.1 Å². The van der Waals surface area contributed by atoms with Crippen LogP contribution in [0.4, 0.5) is 32.0 Å². The number of rotatable bonds is 10. The van der Waals surface area contributed by atoms with Gasteiger partial charge in [0.15, 0.2) is 5.69 Å². The minimum atomic E-state index is -5.40. The maximum Gasteiger partial charge on any atom is 0.434 e. The highest BCUT2D eigenvalue weighted by Gasteiger charge is 2.66.